The van der Waals surface area contributed by atoms with Gasteiger partial charge in [-0.3, -0.25) is 0 Å². The van der Waals surface area contributed by atoms with Gasteiger partial charge in [-0.1, -0.05) is 51.1 Å². The summed E-state index contributed by atoms with van der Waals surface area (Å²) < 4.78 is 0. The Morgan fingerprint density at radius 3 is 2.29 bits per heavy atom. The standard InChI is InChI=1S/C11H15N.C2H6/c1-9-7-11(12-8-9)10-5-3-2-4-6-10;1-2/h2-6,9,11-12H,7-8H2,1H3;1-2H3. The van der Waals surface area contributed by atoms with Crippen LogP contribution in [-0.2, 0) is 0 Å². The van der Waals surface area contributed by atoms with Crippen molar-refractivity contribution in [3.63, 3.8) is 0 Å². The molecular formula is C13H21N. The van der Waals surface area contributed by atoms with Crippen LogP contribution in [0.1, 0.15) is 38.8 Å². The zero-order valence-electron chi connectivity index (χ0n) is 9.46. The van der Waals surface area contributed by atoms with Gasteiger partial charge in [-0.25, -0.2) is 0 Å². The van der Waals surface area contributed by atoms with Gasteiger partial charge in [-0.2, -0.15) is 0 Å². The summed E-state index contributed by atoms with van der Waals surface area (Å²) in [6.45, 7) is 7.47. The lowest BCUT2D eigenvalue weighted by molar-refractivity contribution is 0.612. The summed E-state index contributed by atoms with van der Waals surface area (Å²) in [4.78, 5) is 0. The van der Waals surface area contributed by atoms with E-state index >= 15 is 0 Å². The van der Waals surface area contributed by atoms with Crippen LogP contribution in [0.4, 0.5) is 0 Å². The molecule has 0 radical (unpaired) electrons. The molecule has 1 aliphatic heterocycles. The van der Waals surface area contributed by atoms with E-state index in [9.17, 15) is 0 Å². The maximum Gasteiger partial charge on any atom is 0.0323 e. The second kappa shape index (κ2) is 5.82. The van der Waals surface area contributed by atoms with Crippen molar-refractivity contribution in [2.75, 3.05) is 6.54 Å². The summed E-state index contributed by atoms with van der Waals surface area (Å²) in [7, 11) is 0. The Balaban J connectivity index is 0.000000461. The lowest BCUT2D eigenvalue weighted by Gasteiger charge is -2.09. The van der Waals surface area contributed by atoms with Gasteiger partial charge >= 0.3 is 0 Å². The molecule has 1 heterocycles. The summed E-state index contributed by atoms with van der Waals surface area (Å²) in [5, 5.41) is 3.52. The van der Waals surface area contributed by atoms with E-state index in [-0.39, 0.29) is 0 Å². The van der Waals surface area contributed by atoms with Gasteiger partial charge in [-0.15, -0.1) is 0 Å². The van der Waals surface area contributed by atoms with E-state index in [4.69, 9.17) is 0 Å². The van der Waals surface area contributed by atoms with Crippen LogP contribution >= 0.6 is 0 Å². The Hall–Kier alpha value is -0.820. The van der Waals surface area contributed by atoms with E-state index in [0.29, 0.717) is 6.04 Å². The Kier molecular flexibility index (Phi) is 4.68. The molecule has 1 aliphatic rings. The first kappa shape index (κ1) is 11.3. The molecule has 0 aromatic heterocycles. The molecule has 1 N–H and O–H groups in total. The van der Waals surface area contributed by atoms with Crippen LogP contribution in [0.25, 0.3) is 0 Å². The number of benzene rings is 1. The molecular weight excluding hydrogens is 170 g/mol. The molecule has 0 aliphatic carbocycles. The summed E-state index contributed by atoms with van der Waals surface area (Å²) >= 11 is 0. The van der Waals surface area contributed by atoms with Gasteiger partial charge in [0.1, 0.15) is 0 Å². The number of hydrogen-bond acceptors (Lipinski definition) is 1. The zero-order valence-corrected chi connectivity index (χ0v) is 9.46. The van der Waals surface area contributed by atoms with Gasteiger partial charge < -0.3 is 5.32 Å². The van der Waals surface area contributed by atoms with E-state index in [2.05, 4.69) is 42.6 Å². The van der Waals surface area contributed by atoms with Crippen LogP contribution < -0.4 is 5.32 Å². The number of nitrogens with one attached hydrogen (secondary N) is 1. The third-order valence-corrected chi connectivity index (χ3v) is 2.55. The minimum absolute atomic E-state index is 0.598. The van der Waals surface area contributed by atoms with Gasteiger partial charge in [0, 0.05) is 6.04 Å². The molecule has 1 aromatic carbocycles. The lowest BCUT2D eigenvalue weighted by Crippen LogP contribution is -2.12. The predicted octanol–water partition coefficient (Wildman–Crippen LogP) is 3.38. The van der Waals surface area contributed by atoms with Gasteiger partial charge in [0.25, 0.3) is 0 Å². The van der Waals surface area contributed by atoms with Crippen molar-refractivity contribution >= 4 is 0 Å². The molecule has 14 heavy (non-hydrogen) atoms. The lowest BCUT2D eigenvalue weighted by atomic mass is 10.0. The molecule has 1 saturated heterocycles. The van der Waals surface area contributed by atoms with Crippen molar-refractivity contribution < 1.29 is 0 Å². The smallest absolute Gasteiger partial charge is 0.0323 e. The zero-order chi connectivity index (χ0) is 10.4. The fourth-order valence-corrected chi connectivity index (χ4v) is 1.85. The van der Waals surface area contributed by atoms with Crippen molar-refractivity contribution in [2.24, 2.45) is 5.92 Å². The molecule has 1 aromatic rings. The first-order valence-corrected chi connectivity index (χ1v) is 5.64. The van der Waals surface area contributed by atoms with Gasteiger partial charge in [0.05, 0.1) is 0 Å². The van der Waals surface area contributed by atoms with Gasteiger partial charge in [0.15, 0.2) is 0 Å². The SMILES string of the molecule is CC.CC1CNC(c2ccccc2)C1. The largest absolute Gasteiger partial charge is 0.310 e. The maximum absolute atomic E-state index is 3.52. The van der Waals surface area contributed by atoms with E-state index in [0.717, 1.165) is 5.92 Å². The van der Waals surface area contributed by atoms with Gasteiger partial charge in [0.2, 0.25) is 0 Å². The minimum Gasteiger partial charge on any atom is -0.310 e. The monoisotopic (exact) mass is 191 g/mol. The normalized spacial score (nSPS) is 25.4. The highest BCUT2D eigenvalue weighted by Gasteiger charge is 2.21. The third-order valence-electron chi connectivity index (χ3n) is 2.55. The van der Waals surface area contributed by atoms with Crippen LogP contribution in [0.15, 0.2) is 30.3 Å². The fourth-order valence-electron chi connectivity index (χ4n) is 1.85. The Morgan fingerprint density at radius 1 is 1.14 bits per heavy atom. The topological polar surface area (TPSA) is 12.0 Å². The minimum atomic E-state index is 0.598. The molecule has 2 unspecified atom stereocenters. The molecule has 2 rings (SSSR count). The van der Waals surface area contributed by atoms with E-state index in [1.807, 2.05) is 13.8 Å². The highest BCUT2D eigenvalue weighted by atomic mass is 14.9. The summed E-state index contributed by atoms with van der Waals surface area (Å²) in [5.41, 5.74) is 1.43. The van der Waals surface area contributed by atoms with Crippen LogP contribution in [-0.4, -0.2) is 6.54 Å². The maximum atomic E-state index is 3.52. The van der Waals surface area contributed by atoms with Crippen molar-refractivity contribution in [3.8, 4) is 0 Å². The van der Waals surface area contributed by atoms with Crippen LogP contribution in [0.2, 0.25) is 0 Å². The summed E-state index contributed by atoms with van der Waals surface area (Å²) in [6.07, 6.45) is 1.28. The summed E-state index contributed by atoms with van der Waals surface area (Å²) in [5.74, 6) is 0.829. The highest BCUT2D eigenvalue weighted by Crippen LogP contribution is 2.25. The van der Waals surface area contributed by atoms with E-state index in [1.54, 1.807) is 0 Å². The molecule has 0 spiro atoms. The van der Waals surface area contributed by atoms with Crippen LogP contribution in [0.5, 0.6) is 0 Å². The molecule has 0 bridgehead atoms. The first-order valence-electron chi connectivity index (χ1n) is 5.64. The molecule has 1 heteroatoms. The van der Waals surface area contributed by atoms with Crippen molar-refractivity contribution in [3.05, 3.63) is 35.9 Å². The molecule has 0 saturated carbocycles. The highest BCUT2D eigenvalue weighted by molar-refractivity contribution is 5.19. The van der Waals surface area contributed by atoms with Crippen LogP contribution in [0, 0.1) is 5.92 Å². The molecule has 0 amide bonds. The first-order chi connectivity index (χ1) is 6.86. The fraction of sp³-hybridized carbons (Fsp3) is 0.538. The van der Waals surface area contributed by atoms with Gasteiger partial charge in [-0.05, 0) is 24.4 Å². The number of rotatable bonds is 1. The Bertz CT molecular complexity index is 243. The second-order valence-electron chi connectivity index (χ2n) is 3.71. The average Bonchev–Trinajstić information content (AvgIpc) is 2.69. The molecule has 2 atom stereocenters. The Labute approximate surface area is 87.5 Å². The van der Waals surface area contributed by atoms with E-state index < -0.39 is 0 Å². The predicted molar refractivity (Wildman–Crippen MR) is 62.3 cm³/mol. The average molecular weight is 191 g/mol. The second-order valence-corrected chi connectivity index (χ2v) is 3.71. The third kappa shape index (κ3) is 2.85. The van der Waals surface area contributed by atoms with Crippen molar-refractivity contribution in [1.29, 1.82) is 0 Å². The van der Waals surface area contributed by atoms with Crippen LogP contribution in [0.3, 0.4) is 0 Å². The van der Waals surface area contributed by atoms with Crippen molar-refractivity contribution in [2.45, 2.75) is 33.2 Å². The van der Waals surface area contributed by atoms with E-state index in [1.165, 1.54) is 18.5 Å². The Morgan fingerprint density at radius 2 is 1.79 bits per heavy atom. The molecule has 1 fully saturated rings. The number of hydrogen-bond donors (Lipinski definition) is 1. The quantitative estimate of drug-likeness (QED) is 0.717. The molecule has 1 nitrogen and oxygen atoms in total. The molecule has 78 valence electrons. The van der Waals surface area contributed by atoms with Crippen molar-refractivity contribution in [1.82, 2.24) is 5.32 Å². The summed E-state index contributed by atoms with van der Waals surface area (Å²) in [6, 6.07) is 11.3.